The predicted octanol–water partition coefficient (Wildman–Crippen LogP) is 5.79. The lowest BCUT2D eigenvalue weighted by Gasteiger charge is -2.29. The van der Waals surface area contributed by atoms with Crippen molar-refractivity contribution in [2.45, 2.75) is 53.1 Å². The maximum Gasteiger partial charge on any atom is 0.188 e. The normalized spacial score (nSPS) is 14.4. The molecule has 0 bridgehead atoms. The van der Waals surface area contributed by atoms with Gasteiger partial charge in [0.05, 0.1) is 6.42 Å². The number of fused-ring (bicyclic) bond motifs is 1. The molecule has 2 N–H and O–H groups in total. The van der Waals surface area contributed by atoms with E-state index in [1.54, 1.807) is 12.1 Å². The molecule has 3 rings (SSSR count). The fourth-order valence-corrected chi connectivity index (χ4v) is 4.07. The quantitative estimate of drug-likeness (QED) is 0.222. The smallest absolute Gasteiger partial charge is 0.188 e. The summed E-state index contributed by atoms with van der Waals surface area (Å²) in [7, 11) is 3.00. The number of allylic oxidation sites excluding steroid dienone is 4. The predicted molar refractivity (Wildman–Crippen MR) is 140 cm³/mol. The molecular weight excluding hydrogens is 476 g/mol. The van der Waals surface area contributed by atoms with Gasteiger partial charge < -0.3 is 33.9 Å². The Hall–Kier alpha value is -3.49. The van der Waals surface area contributed by atoms with Crippen LogP contribution in [0.25, 0.3) is 0 Å². The van der Waals surface area contributed by atoms with Gasteiger partial charge in [0.15, 0.2) is 30.9 Å². The van der Waals surface area contributed by atoms with Crippen molar-refractivity contribution < 1.29 is 38.7 Å². The number of Topliss-reactive ketones (excluding diaryl/α,β-unsaturated/α-hetero) is 1. The van der Waals surface area contributed by atoms with Crippen LogP contribution in [0.5, 0.6) is 28.7 Å². The van der Waals surface area contributed by atoms with E-state index in [0.29, 0.717) is 46.6 Å². The van der Waals surface area contributed by atoms with E-state index in [-0.39, 0.29) is 43.0 Å². The molecule has 1 unspecified atom stereocenters. The van der Waals surface area contributed by atoms with Gasteiger partial charge in [0.1, 0.15) is 28.9 Å². The molecule has 200 valence electrons. The number of ether oxygens (including phenoxy) is 5. The largest absolute Gasteiger partial charge is 0.504 e. The van der Waals surface area contributed by atoms with Crippen LogP contribution in [0.3, 0.4) is 0 Å². The Bertz CT molecular complexity index is 1190. The highest BCUT2D eigenvalue weighted by Gasteiger charge is 2.34. The number of aromatic hydroxyl groups is 2. The van der Waals surface area contributed by atoms with Crippen molar-refractivity contribution in [3.8, 4) is 28.7 Å². The molecular formula is C29H36O8. The molecule has 0 radical (unpaired) electrons. The van der Waals surface area contributed by atoms with Gasteiger partial charge >= 0.3 is 0 Å². The number of hydrogen-bond donors (Lipinski definition) is 2. The van der Waals surface area contributed by atoms with E-state index in [1.165, 1.54) is 14.2 Å². The first-order valence-electron chi connectivity index (χ1n) is 12.1. The first kappa shape index (κ1) is 28.1. The Kier molecular flexibility index (Phi) is 9.60. The molecule has 2 aromatic carbocycles. The second kappa shape index (κ2) is 12.7. The van der Waals surface area contributed by atoms with E-state index >= 15 is 0 Å². The van der Waals surface area contributed by atoms with Gasteiger partial charge in [-0.2, -0.15) is 0 Å². The number of phenols is 2. The van der Waals surface area contributed by atoms with Gasteiger partial charge in [-0.25, -0.2) is 0 Å². The monoisotopic (exact) mass is 512 g/mol. The zero-order valence-electron chi connectivity index (χ0n) is 22.3. The van der Waals surface area contributed by atoms with Gasteiger partial charge in [0.25, 0.3) is 0 Å². The molecule has 1 aliphatic rings. The summed E-state index contributed by atoms with van der Waals surface area (Å²) in [6, 6.07) is 5.04. The topological polar surface area (TPSA) is 104 Å². The summed E-state index contributed by atoms with van der Waals surface area (Å²) in [5, 5.41) is 21.8. The molecule has 0 aliphatic carbocycles. The molecule has 0 spiro atoms. The van der Waals surface area contributed by atoms with Crippen molar-refractivity contribution in [3.05, 3.63) is 63.8 Å². The summed E-state index contributed by atoms with van der Waals surface area (Å²) < 4.78 is 27.6. The Labute approximate surface area is 218 Å². The summed E-state index contributed by atoms with van der Waals surface area (Å²) in [4.78, 5) is 13.4. The van der Waals surface area contributed by atoms with Crippen LogP contribution >= 0.6 is 0 Å². The highest BCUT2D eigenvalue weighted by molar-refractivity contribution is 6.03. The third kappa shape index (κ3) is 6.84. The highest BCUT2D eigenvalue weighted by Crippen LogP contribution is 2.46. The van der Waals surface area contributed by atoms with Crippen LogP contribution < -0.4 is 14.2 Å². The van der Waals surface area contributed by atoms with Crippen LogP contribution in [0.1, 0.15) is 67.3 Å². The summed E-state index contributed by atoms with van der Waals surface area (Å²) in [6.07, 6.45) is 4.07. The maximum atomic E-state index is 13.4. The van der Waals surface area contributed by atoms with Crippen LogP contribution in [0, 0.1) is 0 Å². The van der Waals surface area contributed by atoms with Crippen LogP contribution in [0.2, 0.25) is 0 Å². The van der Waals surface area contributed by atoms with Crippen molar-refractivity contribution >= 4 is 5.78 Å². The number of carbonyl (C=O) groups excluding carboxylic acids is 1. The molecule has 0 amide bonds. The number of methoxy groups -OCH3 is 2. The summed E-state index contributed by atoms with van der Waals surface area (Å²) in [5.74, 6) is 0.454. The molecule has 37 heavy (non-hydrogen) atoms. The summed E-state index contributed by atoms with van der Waals surface area (Å²) in [5.41, 5.74) is 4.16. The van der Waals surface area contributed by atoms with Crippen LogP contribution in [0.4, 0.5) is 0 Å². The van der Waals surface area contributed by atoms with E-state index in [1.807, 2.05) is 45.9 Å². The number of phenolic OH excluding ortho intramolecular Hbond substituents is 2. The van der Waals surface area contributed by atoms with Crippen molar-refractivity contribution in [1.82, 2.24) is 0 Å². The minimum Gasteiger partial charge on any atom is -0.504 e. The third-order valence-electron chi connectivity index (χ3n) is 5.92. The molecule has 1 heterocycles. The van der Waals surface area contributed by atoms with Crippen molar-refractivity contribution in [2.24, 2.45) is 0 Å². The molecule has 0 saturated carbocycles. The average Bonchev–Trinajstić information content (AvgIpc) is 2.85. The summed E-state index contributed by atoms with van der Waals surface area (Å²) in [6.45, 7) is 7.80. The molecule has 0 fully saturated rings. The van der Waals surface area contributed by atoms with Gasteiger partial charge in [-0.1, -0.05) is 23.3 Å². The number of rotatable bonds is 11. The third-order valence-corrected chi connectivity index (χ3v) is 5.92. The Morgan fingerprint density at radius 3 is 2.24 bits per heavy atom. The fourth-order valence-electron chi connectivity index (χ4n) is 4.07. The highest BCUT2D eigenvalue weighted by atomic mass is 16.7. The Morgan fingerprint density at radius 2 is 1.59 bits per heavy atom. The SMILES string of the molecule is COCOc1cc(OCOC)c2c(c1)OC(c1cc(CC=C(C)C)c(O)c(O)c1CC=C(C)C)CC2=O. The molecule has 0 saturated heterocycles. The second-order valence-corrected chi connectivity index (χ2v) is 9.40. The molecule has 8 nitrogen and oxygen atoms in total. The van der Waals surface area contributed by atoms with E-state index in [2.05, 4.69) is 0 Å². The molecule has 1 atom stereocenters. The van der Waals surface area contributed by atoms with Crippen LogP contribution in [0.15, 0.2) is 41.5 Å². The van der Waals surface area contributed by atoms with E-state index in [9.17, 15) is 15.0 Å². The van der Waals surface area contributed by atoms with E-state index in [0.717, 1.165) is 11.1 Å². The Balaban J connectivity index is 2.12. The number of carbonyl (C=O) groups is 1. The lowest BCUT2D eigenvalue weighted by molar-refractivity contribution is 0.0439. The minimum absolute atomic E-state index is 0.00624. The lowest BCUT2D eigenvalue weighted by Crippen LogP contribution is -2.23. The van der Waals surface area contributed by atoms with Gasteiger partial charge in [-0.3, -0.25) is 4.79 Å². The van der Waals surface area contributed by atoms with E-state index in [4.69, 9.17) is 23.7 Å². The number of hydrogen-bond acceptors (Lipinski definition) is 8. The van der Waals surface area contributed by atoms with Gasteiger partial charge in [-0.15, -0.1) is 0 Å². The van der Waals surface area contributed by atoms with Crippen molar-refractivity contribution in [2.75, 3.05) is 27.8 Å². The van der Waals surface area contributed by atoms with Gasteiger partial charge in [-0.05, 0) is 46.6 Å². The molecule has 8 heteroatoms. The maximum absolute atomic E-state index is 13.4. The van der Waals surface area contributed by atoms with E-state index < -0.39 is 6.10 Å². The van der Waals surface area contributed by atoms with Crippen LogP contribution in [-0.4, -0.2) is 43.8 Å². The van der Waals surface area contributed by atoms with Crippen molar-refractivity contribution in [1.29, 1.82) is 0 Å². The number of benzene rings is 2. The molecule has 0 aromatic heterocycles. The standard InChI is InChI=1S/C29H36O8/c1-17(2)7-9-19-11-22(21(10-8-18(3)4)29(32)28(19)31)24-14-23(30)27-25(36-16-34-6)12-20(35-15-33-5)13-26(27)37-24/h7-8,11-13,24,31-32H,9-10,14-16H2,1-6H3. The fraction of sp³-hybridized carbons (Fsp3) is 0.414. The van der Waals surface area contributed by atoms with Crippen molar-refractivity contribution in [3.63, 3.8) is 0 Å². The Morgan fingerprint density at radius 1 is 0.946 bits per heavy atom. The number of ketones is 1. The average molecular weight is 513 g/mol. The summed E-state index contributed by atoms with van der Waals surface area (Å²) >= 11 is 0. The van der Waals surface area contributed by atoms with Crippen LogP contribution in [-0.2, 0) is 22.3 Å². The molecule has 2 aromatic rings. The lowest BCUT2D eigenvalue weighted by atomic mass is 9.88. The minimum atomic E-state index is -0.689. The second-order valence-electron chi connectivity index (χ2n) is 9.40. The molecule has 1 aliphatic heterocycles. The first-order valence-corrected chi connectivity index (χ1v) is 12.1. The van der Waals surface area contributed by atoms with Gasteiger partial charge in [0, 0.05) is 43.0 Å². The zero-order chi connectivity index (χ0) is 27.1. The van der Waals surface area contributed by atoms with Gasteiger partial charge in [0.2, 0.25) is 0 Å². The zero-order valence-corrected chi connectivity index (χ0v) is 22.3. The first-order chi connectivity index (χ1) is 17.7.